The molecule has 1 unspecified atom stereocenters. The normalized spacial score (nSPS) is 11.7. The van der Waals surface area contributed by atoms with Crippen molar-refractivity contribution in [3.8, 4) is 0 Å². The molecule has 0 aliphatic rings. The molecule has 2 rings (SSSR count). The number of aromatic amines is 1. The number of aromatic nitrogens is 2. The van der Waals surface area contributed by atoms with Crippen molar-refractivity contribution in [1.29, 1.82) is 0 Å². The summed E-state index contributed by atoms with van der Waals surface area (Å²) in [5, 5.41) is 5.39. The highest BCUT2D eigenvalue weighted by Crippen LogP contribution is 2.09. The molecule has 20 heavy (non-hydrogen) atoms. The lowest BCUT2D eigenvalue weighted by Crippen LogP contribution is -2.39. The van der Waals surface area contributed by atoms with E-state index in [0.717, 1.165) is 5.56 Å². The van der Waals surface area contributed by atoms with Gasteiger partial charge in [0.25, 0.3) is 0 Å². The van der Waals surface area contributed by atoms with E-state index in [0.29, 0.717) is 12.2 Å². The van der Waals surface area contributed by atoms with E-state index >= 15 is 0 Å². The lowest BCUT2D eigenvalue weighted by molar-refractivity contribution is -0.128. The predicted octanol–water partition coefficient (Wildman–Crippen LogP) is 0.903. The predicted molar refractivity (Wildman–Crippen MR) is 73.4 cm³/mol. The molecule has 0 spiro atoms. The first-order valence-electron chi connectivity index (χ1n) is 6.24. The Kier molecular flexibility index (Phi) is 4.49. The second kappa shape index (κ2) is 6.51. The van der Waals surface area contributed by atoms with E-state index in [1.54, 1.807) is 0 Å². The maximum atomic E-state index is 12.2. The zero-order chi connectivity index (χ0) is 14.4. The van der Waals surface area contributed by atoms with E-state index in [2.05, 4.69) is 20.6 Å². The minimum Gasteiger partial charge on any atom is -0.350 e. The quantitative estimate of drug-likeness (QED) is 0.756. The summed E-state index contributed by atoms with van der Waals surface area (Å²) in [7, 11) is 0. The maximum absolute atomic E-state index is 12.2. The third-order valence-electron chi connectivity index (χ3n) is 2.75. The average Bonchev–Trinajstić information content (AvgIpc) is 2.97. The molecule has 1 aromatic heterocycles. The smallest absolute Gasteiger partial charge is 0.249 e. The largest absolute Gasteiger partial charge is 0.350 e. The van der Waals surface area contributed by atoms with E-state index in [1.165, 1.54) is 19.4 Å². The molecule has 2 amide bonds. The summed E-state index contributed by atoms with van der Waals surface area (Å²) < 4.78 is 0. The number of carbonyl (C=O) groups excluding carboxylic acids is 2. The van der Waals surface area contributed by atoms with E-state index in [-0.39, 0.29) is 11.8 Å². The first kappa shape index (κ1) is 13.8. The molecule has 0 aliphatic heterocycles. The molecule has 6 nitrogen and oxygen atoms in total. The van der Waals surface area contributed by atoms with Gasteiger partial charge >= 0.3 is 0 Å². The Balaban J connectivity index is 2.02. The van der Waals surface area contributed by atoms with Crippen molar-refractivity contribution in [2.45, 2.75) is 19.5 Å². The summed E-state index contributed by atoms with van der Waals surface area (Å²) in [5.74, 6) is -0.562. The summed E-state index contributed by atoms with van der Waals surface area (Å²) >= 11 is 0. The molecule has 104 valence electrons. The molecule has 6 heteroatoms. The highest BCUT2D eigenvalue weighted by Gasteiger charge is 2.22. The minimum absolute atomic E-state index is 0.278. The fourth-order valence-corrected chi connectivity index (χ4v) is 1.80. The third-order valence-corrected chi connectivity index (χ3v) is 2.75. The standard InChI is InChI=1S/C14H16N4O2/c1-10(19)18-13(12-8-15-9-17-12)14(20)16-7-11-5-3-2-4-6-11/h2-6,8-9,13H,7H2,1H3,(H,15,17)(H,16,20)(H,18,19). The highest BCUT2D eigenvalue weighted by molar-refractivity contribution is 5.87. The van der Waals surface area contributed by atoms with Crippen molar-refractivity contribution in [3.05, 3.63) is 54.1 Å². The highest BCUT2D eigenvalue weighted by atomic mass is 16.2. The van der Waals surface area contributed by atoms with Gasteiger partial charge in [-0.2, -0.15) is 0 Å². The number of rotatable bonds is 5. The van der Waals surface area contributed by atoms with Crippen LogP contribution in [-0.4, -0.2) is 21.8 Å². The van der Waals surface area contributed by atoms with Gasteiger partial charge in [-0.1, -0.05) is 30.3 Å². The Morgan fingerprint density at radius 1 is 1.30 bits per heavy atom. The van der Waals surface area contributed by atoms with Crippen molar-refractivity contribution < 1.29 is 9.59 Å². The molecule has 0 saturated carbocycles. The van der Waals surface area contributed by atoms with Crippen LogP contribution in [-0.2, 0) is 16.1 Å². The number of imidazole rings is 1. The topological polar surface area (TPSA) is 86.9 Å². The first-order valence-corrected chi connectivity index (χ1v) is 6.24. The molecule has 1 atom stereocenters. The SMILES string of the molecule is CC(=O)NC(C(=O)NCc1ccccc1)c1cnc[nH]1. The van der Waals surface area contributed by atoms with Crippen LogP contribution in [0.25, 0.3) is 0 Å². The average molecular weight is 272 g/mol. The van der Waals surface area contributed by atoms with Gasteiger partial charge in [-0.05, 0) is 5.56 Å². The van der Waals surface area contributed by atoms with Crippen LogP contribution >= 0.6 is 0 Å². The van der Waals surface area contributed by atoms with Crippen LogP contribution in [0, 0.1) is 0 Å². The monoisotopic (exact) mass is 272 g/mol. The Morgan fingerprint density at radius 2 is 2.05 bits per heavy atom. The van der Waals surface area contributed by atoms with Crippen molar-refractivity contribution in [2.24, 2.45) is 0 Å². The van der Waals surface area contributed by atoms with Gasteiger partial charge in [0, 0.05) is 13.5 Å². The molecule has 2 aromatic rings. The number of amides is 2. The number of H-pyrrole nitrogens is 1. The van der Waals surface area contributed by atoms with Crippen LogP contribution in [0.5, 0.6) is 0 Å². The number of hydrogen-bond acceptors (Lipinski definition) is 3. The van der Waals surface area contributed by atoms with Crippen molar-refractivity contribution >= 4 is 11.8 Å². The Hall–Kier alpha value is -2.63. The minimum atomic E-state index is -0.765. The van der Waals surface area contributed by atoms with Crippen molar-refractivity contribution in [2.75, 3.05) is 0 Å². The van der Waals surface area contributed by atoms with Crippen LogP contribution in [0.4, 0.5) is 0 Å². The van der Waals surface area contributed by atoms with Crippen molar-refractivity contribution in [3.63, 3.8) is 0 Å². The zero-order valence-electron chi connectivity index (χ0n) is 11.1. The van der Waals surface area contributed by atoms with Gasteiger partial charge in [0.05, 0.1) is 18.2 Å². The van der Waals surface area contributed by atoms with Crippen LogP contribution in [0.1, 0.15) is 24.2 Å². The summed E-state index contributed by atoms with van der Waals surface area (Å²) in [6.07, 6.45) is 2.98. The summed E-state index contributed by atoms with van der Waals surface area (Å²) in [6.45, 7) is 1.78. The van der Waals surface area contributed by atoms with Crippen LogP contribution < -0.4 is 10.6 Å². The molecule has 0 aliphatic carbocycles. The second-order valence-electron chi connectivity index (χ2n) is 4.34. The molecule has 1 aromatic carbocycles. The molecule has 0 radical (unpaired) electrons. The molecule has 0 saturated heterocycles. The fourth-order valence-electron chi connectivity index (χ4n) is 1.80. The van der Waals surface area contributed by atoms with E-state index < -0.39 is 6.04 Å². The molecule has 1 heterocycles. The maximum Gasteiger partial charge on any atom is 0.249 e. The Labute approximate surface area is 116 Å². The lowest BCUT2D eigenvalue weighted by Gasteiger charge is -2.16. The van der Waals surface area contributed by atoms with Gasteiger partial charge in [0.1, 0.15) is 6.04 Å². The van der Waals surface area contributed by atoms with Gasteiger partial charge in [0.15, 0.2) is 0 Å². The zero-order valence-corrected chi connectivity index (χ0v) is 11.1. The van der Waals surface area contributed by atoms with Gasteiger partial charge in [-0.25, -0.2) is 4.98 Å². The van der Waals surface area contributed by atoms with E-state index in [4.69, 9.17) is 0 Å². The van der Waals surface area contributed by atoms with Gasteiger partial charge < -0.3 is 15.6 Å². The van der Waals surface area contributed by atoms with Gasteiger partial charge in [-0.15, -0.1) is 0 Å². The Bertz CT molecular complexity index is 566. The van der Waals surface area contributed by atoms with Crippen molar-refractivity contribution in [1.82, 2.24) is 20.6 Å². The molecular weight excluding hydrogens is 256 g/mol. The number of hydrogen-bond donors (Lipinski definition) is 3. The van der Waals surface area contributed by atoms with E-state index in [1.807, 2.05) is 30.3 Å². The summed E-state index contributed by atoms with van der Waals surface area (Å²) in [6, 6.07) is 8.80. The fraction of sp³-hybridized carbons (Fsp3) is 0.214. The first-order chi connectivity index (χ1) is 9.66. The van der Waals surface area contributed by atoms with E-state index in [9.17, 15) is 9.59 Å². The Morgan fingerprint density at radius 3 is 2.65 bits per heavy atom. The number of nitrogens with one attached hydrogen (secondary N) is 3. The summed E-state index contributed by atoms with van der Waals surface area (Å²) in [5.41, 5.74) is 1.54. The van der Waals surface area contributed by atoms with Crippen LogP contribution in [0.3, 0.4) is 0 Å². The summed E-state index contributed by atoms with van der Waals surface area (Å²) in [4.78, 5) is 30.1. The number of nitrogens with zero attached hydrogens (tertiary/aromatic N) is 1. The third kappa shape index (κ3) is 3.68. The number of benzene rings is 1. The lowest BCUT2D eigenvalue weighted by atomic mass is 10.2. The number of carbonyl (C=O) groups is 2. The van der Waals surface area contributed by atoms with Crippen LogP contribution in [0.2, 0.25) is 0 Å². The van der Waals surface area contributed by atoms with Crippen LogP contribution in [0.15, 0.2) is 42.9 Å². The molecule has 0 bridgehead atoms. The second-order valence-corrected chi connectivity index (χ2v) is 4.34. The molecule has 3 N–H and O–H groups in total. The van der Waals surface area contributed by atoms with Gasteiger partial charge in [-0.3, -0.25) is 9.59 Å². The molecule has 0 fully saturated rings. The van der Waals surface area contributed by atoms with Gasteiger partial charge in [0.2, 0.25) is 11.8 Å². The molecular formula is C14H16N4O2.